The fourth-order valence-electron chi connectivity index (χ4n) is 2.04. The molecule has 1 N–H and O–H groups in total. The third-order valence-electron chi connectivity index (χ3n) is 3.29. The number of rotatable bonds is 5. The number of benzene rings is 3. The number of hydrogen-bond donors (Lipinski definition) is 1. The summed E-state index contributed by atoms with van der Waals surface area (Å²) in [5.74, 6) is 0.740. The van der Waals surface area contributed by atoms with Gasteiger partial charge >= 0.3 is 8.38 Å². The molecule has 0 aliphatic rings. The Morgan fingerprint density at radius 3 is 1.74 bits per heavy atom. The van der Waals surface area contributed by atoms with Crippen LogP contribution in [0.25, 0.3) is 0 Å². The molecule has 0 aliphatic carbocycles. The van der Waals surface area contributed by atoms with Gasteiger partial charge in [-0.05, 0) is 24.3 Å². The van der Waals surface area contributed by atoms with Gasteiger partial charge in [-0.1, -0.05) is 36.4 Å². The van der Waals surface area contributed by atoms with Crippen molar-refractivity contribution in [3.63, 3.8) is 0 Å². The monoisotopic (exact) mass is 639 g/mol. The van der Waals surface area contributed by atoms with E-state index in [1.54, 1.807) is 0 Å². The van der Waals surface area contributed by atoms with E-state index in [9.17, 15) is 0 Å². The van der Waals surface area contributed by atoms with Crippen molar-refractivity contribution in [2.45, 2.75) is 6.92 Å². The quantitative estimate of drug-likeness (QED) is 0.278. The fraction of sp³-hybridized carbons (Fsp3) is 0.167. The van der Waals surface area contributed by atoms with E-state index in [0.717, 1.165) is 18.4 Å². The summed E-state index contributed by atoms with van der Waals surface area (Å²) in [5.41, 5.74) is 0. The second-order valence-electron chi connectivity index (χ2n) is 6.12. The first-order valence-corrected chi connectivity index (χ1v) is 13.5. The van der Waals surface area contributed by atoms with Crippen LogP contribution < -0.4 is 14.4 Å². The molecule has 0 spiro atoms. The maximum atomic E-state index is 9.00. The Hall–Kier alpha value is -1.76. The summed E-state index contributed by atoms with van der Waals surface area (Å²) < 4.78 is 11.3. The number of hydrogen-bond acceptors (Lipinski definition) is 3. The zero-order valence-corrected chi connectivity index (χ0v) is 23.0. The van der Waals surface area contributed by atoms with Gasteiger partial charge in [0.15, 0.2) is 5.75 Å². The van der Waals surface area contributed by atoms with Crippen LogP contribution >= 0.6 is 16.3 Å². The largest absolute Gasteiger partial charge is 0.481 e. The molecule has 0 heterocycles. The SMILES string of the molecule is CC(=O)O.C[PH+](C)c1ccccc1.C[PH+](Oc1[c-]cccc1)Oc1ccccc1.[CH3-].[Ir]. The van der Waals surface area contributed by atoms with E-state index in [2.05, 4.69) is 49.7 Å². The van der Waals surface area contributed by atoms with Crippen molar-refractivity contribution < 1.29 is 39.1 Å². The van der Waals surface area contributed by atoms with Gasteiger partial charge < -0.3 is 21.6 Å². The topological polar surface area (TPSA) is 55.8 Å². The van der Waals surface area contributed by atoms with Crippen molar-refractivity contribution >= 4 is 27.6 Å². The van der Waals surface area contributed by atoms with Gasteiger partial charge in [0.25, 0.3) is 5.97 Å². The number of carbonyl (C=O) groups is 1. The molecule has 3 aromatic rings. The zero-order valence-electron chi connectivity index (χ0n) is 18.6. The number of carboxylic acids is 1. The van der Waals surface area contributed by atoms with Crippen LogP contribution in [0.5, 0.6) is 11.5 Å². The predicted octanol–water partition coefficient (Wildman–Crippen LogP) is 5.94. The van der Waals surface area contributed by atoms with Crippen LogP contribution in [0.15, 0.2) is 84.9 Å². The molecular formula is C24H32IrO4P2. The van der Waals surface area contributed by atoms with Crippen molar-refractivity contribution in [1.82, 2.24) is 0 Å². The Balaban J connectivity index is 0. The van der Waals surface area contributed by atoms with Crippen molar-refractivity contribution in [1.29, 1.82) is 0 Å². The van der Waals surface area contributed by atoms with Crippen molar-refractivity contribution in [3.8, 4) is 11.5 Å². The summed E-state index contributed by atoms with van der Waals surface area (Å²) in [6.45, 7) is 7.65. The Labute approximate surface area is 203 Å². The summed E-state index contributed by atoms with van der Waals surface area (Å²) in [4.78, 5) is 9.00. The first-order chi connectivity index (χ1) is 13.9. The van der Waals surface area contributed by atoms with E-state index in [1.807, 2.05) is 61.3 Å². The van der Waals surface area contributed by atoms with E-state index >= 15 is 0 Å². The predicted molar refractivity (Wildman–Crippen MR) is 133 cm³/mol. The summed E-state index contributed by atoms with van der Waals surface area (Å²) in [7, 11) is -1.54. The van der Waals surface area contributed by atoms with Gasteiger partial charge in [-0.25, -0.2) is 0 Å². The normalized spacial score (nSPS) is 9.84. The van der Waals surface area contributed by atoms with Crippen LogP contribution in [0.4, 0.5) is 0 Å². The van der Waals surface area contributed by atoms with E-state index in [4.69, 9.17) is 18.9 Å². The van der Waals surface area contributed by atoms with Gasteiger partial charge in [-0.15, -0.1) is 12.1 Å². The number of carboxylic acid groups (broad SMARTS) is 1. The molecule has 0 bridgehead atoms. The molecule has 0 aromatic heterocycles. The average Bonchev–Trinajstić information content (AvgIpc) is 2.70. The molecule has 171 valence electrons. The second-order valence-corrected chi connectivity index (χ2v) is 10.1. The molecule has 0 saturated heterocycles. The summed E-state index contributed by atoms with van der Waals surface area (Å²) in [5, 5.41) is 8.93. The first-order valence-electron chi connectivity index (χ1n) is 9.14. The van der Waals surface area contributed by atoms with Gasteiger partial charge in [-0.2, -0.15) is 18.2 Å². The molecule has 1 atom stereocenters. The van der Waals surface area contributed by atoms with E-state index in [-0.39, 0.29) is 35.5 Å². The third-order valence-corrected chi connectivity index (χ3v) is 5.81. The minimum absolute atomic E-state index is 0. The minimum Gasteiger partial charge on any atom is -0.481 e. The van der Waals surface area contributed by atoms with E-state index in [0.29, 0.717) is 0 Å². The fourth-order valence-corrected chi connectivity index (χ4v) is 3.85. The number of aliphatic carboxylic acids is 1. The smallest absolute Gasteiger partial charge is 0.346 e. The molecule has 1 unspecified atom stereocenters. The summed E-state index contributed by atoms with van der Waals surface area (Å²) in [6.07, 6.45) is 0. The molecule has 7 heteroatoms. The molecule has 4 nitrogen and oxygen atoms in total. The Kier molecular flexibility index (Phi) is 19.2. The minimum atomic E-state index is -1.33. The maximum Gasteiger partial charge on any atom is 0.346 e. The van der Waals surface area contributed by atoms with Crippen molar-refractivity contribution in [2.24, 2.45) is 0 Å². The van der Waals surface area contributed by atoms with E-state index in [1.165, 1.54) is 5.30 Å². The molecule has 0 saturated carbocycles. The van der Waals surface area contributed by atoms with Gasteiger partial charge in [0.1, 0.15) is 6.66 Å². The van der Waals surface area contributed by atoms with Crippen LogP contribution in [0.2, 0.25) is 0 Å². The third kappa shape index (κ3) is 16.6. The Bertz CT molecular complexity index is 758. The number of para-hydroxylation sites is 2. The molecular weight excluding hydrogens is 606 g/mol. The van der Waals surface area contributed by atoms with Crippen LogP contribution in [-0.2, 0) is 24.9 Å². The van der Waals surface area contributed by atoms with Crippen LogP contribution in [0, 0.1) is 13.5 Å². The Morgan fingerprint density at radius 2 is 1.32 bits per heavy atom. The second kappa shape index (κ2) is 19.0. The molecule has 0 fully saturated rings. The molecule has 1 radical (unpaired) electrons. The van der Waals surface area contributed by atoms with Crippen molar-refractivity contribution in [3.05, 3.63) is 98.4 Å². The molecule has 0 aliphatic heterocycles. The summed E-state index contributed by atoms with van der Waals surface area (Å²) >= 11 is 0. The van der Waals surface area contributed by atoms with Crippen LogP contribution in [-0.4, -0.2) is 31.1 Å². The van der Waals surface area contributed by atoms with Crippen molar-refractivity contribution in [2.75, 3.05) is 20.0 Å². The van der Waals surface area contributed by atoms with Gasteiger partial charge in [0.05, 0.1) is 24.4 Å². The standard InChI is InChI=1S/C13H12O2P.C8H11P.C2H4O2.CH3.Ir/c1-16(14-12-8-4-2-5-9-12)15-13-10-6-3-7-11-13;1-9(2)8-6-4-3-5-7-8;1-2(3)4;;/h2-10H,1H3;3-7H,1-2H3;1H3,(H,3,4);1H3;/q-1;;;-1;/p+2. The molecule has 3 rings (SSSR count). The van der Waals surface area contributed by atoms with Crippen LogP contribution in [0.1, 0.15) is 6.92 Å². The Morgan fingerprint density at radius 1 is 0.839 bits per heavy atom. The summed E-state index contributed by atoms with van der Waals surface area (Å²) in [6, 6.07) is 30.9. The van der Waals surface area contributed by atoms with E-state index < -0.39 is 14.3 Å². The van der Waals surface area contributed by atoms with Gasteiger partial charge in [-0.3, -0.25) is 4.79 Å². The van der Waals surface area contributed by atoms with Gasteiger partial charge in [0.2, 0.25) is 0 Å². The average molecular weight is 639 g/mol. The van der Waals surface area contributed by atoms with Crippen LogP contribution in [0.3, 0.4) is 0 Å². The van der Waals surface area contributed by atoms with Gasteiger partial charge in [0, 0.05) is 35.0 Å². The molecule has 0 amide bonds. The molecule has 31 heavy (non-hydrogen) atoms. The zero-order chi connectivity index (χ0) is 21.5. The maximum absolute atomic E-state index is 9.00. The molecule has 3 aromatic carbocycles. The first kappa shape index (κ1) is 31.4.